The highest BCUT2D eigenvalue weighted by Crippen LogP contribution is 2.42. The van der Waals surface area contributed by atoms with Crippen LogP contribution in [0.4, 0.5) is 0 Å². The number of methoxy groups -OCH3 is 1. The van der Waals surface area contributed by atoms with Crippen molar-refractivity contribution in [2.24, 2.45) is 5.10 Å². The molecule has 0 saturated heterocycles. The molecule has 1 heterocycles. The number of halogens is 2. The Bertz CT molecular complexity index is 1380. The summed E-state index contributed by atoms with van der Waals surface area (Å²) in [6.07, 6.45) is 6.60. The van der Waals surface area contributed by atoms with Crippen molar-refractivity contribution in [1.82, 2.24) is 9.66 Å². The minimum Gasteiger partial charge on any atom is -0.493 e. The number of para-hydroxylation sites is 1. The van der Waals surface area contributed by atoms with Gasteiger partial charge in [-0.05, 0) is 60.8 Å². The number of carbonyl (C=O) groups excluding carboxylic acids is 1. The van der Waals surface area contributed by atoms with Crippen LogP contribution in [0.25, 0.3) is 10.9 Å². The number of hydrogen-bond acceptors (Lipinski definition) is 7. The number of hydrogen-bond donors (Lipinski definition) is 0. The predicted molar refractivity (Wildman–Crippen MR) is 147 cm³/mol. The molecule has 0 spiro atoms. The summed E-state index contributed by atoms with van der Waals surface area (Å²) < 4.78 is 18.1. The second-order valence-corrected chi connectivity index (χ2v) is 10.3. The first-order valence-corrected chi connectivity index (χ1v) is 13.4. The Balaban J connectivity index is 1.72. The van der Waals surface area contributed by atoms with Crippen LogP contribution in [0.3, 0.4) is 0 Å². The van der Waals surface area contributed by atoms with Crippen molar-refractivity contribution in [2.45, 2.75) is 58.0 Å². The lowest BCUT2D eigenvalue weighted by Gasteiger charge is -2.22. The van der Waals surface area contributed by atoms with Crippen LogP contribution in [0.15, 0.2) is 44.7 Å². The Hall–Kier alpha value is -2.91. The van der Waals surface area contributed by atoms with Gasteiger partial charge in [0, 0.05) is 16.0 Å². The van der Waals surface area contributed by atoms with E-state index in [0.717, 1.165) is 25.7 Å². The summed E-state index contributed by atoms with van der Waals surface area (Å²) in [5.74, 6) is 0.807. The van der Waals surface area contributed by atoms with Gasteiger partial charge in [0.05, 0.1) is 30.3 Å². The highest BCUT2D eigenvalue weighted by Gasteiger charge is 2.23. The van der Waals surface area contributed by atoms with Crippen molar-refractivity contribution in [3.05, 3.63) is 61.6 Å². The fourth-order valence-corrected chi connectivity index (χ4v) is 5.06. The monoisotopic (exact) mass is 589 g/mol. The van der Waals surface area contributed by atoms with Gasteiger partial charge in [-0.1, -0.05) is 43.0 Å². The van der Waals surface area contributed by atoms with Gasteiger partial charge in [-0.2, -0.15) is 9.78 Å². The number of benzene rings is 2. The molecule has 1 fully saturated rings. The van der Waals surface area contributed by atoms with Crippen LogP contribution < -0.4 is 15.0 Å². The van der Waals surface area contributed by atoms with Crippen LogP contribution in [0.1, 0.15) is 63.3 Å². The van der Waals surface area contributed by atoms with Gasteiger partial charge >= 0.3 is 5.97 Å². The van der Waals surface area contributed by atoms with E-state index in [9.17, 15) is 9.59 Å². The molecule has 1 aromatic heterocycles. The molecule has 3 aromatic rings. The van der Waals surface area contributed by atoms with Crippen molar-refractivity contribution in [3.8, 4) is 11.5 Å². The molecule has 0 aliphatic heterocycles. The summed E-state index contributed by atoms with van der Waals surface area (Å²) in [4.78, 5) is 30.2. The molecular weight excluding hydrogens is 562 g/mol. The molecule has 10 heteroatoms. The van der Waals surface area contributed by atoms with Crippen LogP contribution in [0.2, 0.25) is 5.02 Å². The zero-order valence-corrected chi connectivity index (χ0v) is 23.3. The van der Waals surface area contributed by atoms with Crippen molar-refractivity contribution in [1.29, 1.82) is 0 Å². The Kier molecular flexibility index (Phi) is 8.87. The molecule has 8 nitrogen and oxygen atoms in total. The van der Waals surface area contributed by atoms with Crippen molar-refractivity contribution < 1.29 is 19.0 Å². The Morgan fingerprint density at radius 2 is 2.00 bits per heavy atom. The summed E-state index contributed by atoms with van der Waals surface area (Å²) in [5, 5.41) is 5.28. The van der Waals surface area contributed by atoms with Crippen LogP contribution in [-0.4, -0.2) is 41.7 Å². The predicted octanol–water partition coefficient (Wildman–Crippen LogP) is 6.08. The molecule has 37 heavy (non-hydrogen) atoms. The Morgan fingerprint density at radius 1 is 1.27 bits per heavy atom. The number of fused-ring (bicyclic) bond motifs is 1. The summed E-state index contributed by atoms with van der Waals surface area (Å²) in [6.45, 7) is 3.19. The maximum atomic E-state index is 13.5. The first kappa shape index (κ1) is 27.1. The van der Waals surface area contributed by atoms with Gasteiger partial charge in [-0.3, -0.25) is 4.79 Å². The molecule has 1 aliphatic carbocycles. The zero-order chi connectivity index (χ0) is 26.5. The number of carbonyl (C=O) groups is 1. The van der Waals surface area contributed by atoms with Crippen molar-refractivity contribution >= 4 is 50.6 Å². The average molecular weight is 591 g/mol. The van der Waals surface area contributed by atoms with Gasteiger partial charge < -0.3 is 14.2 Å². The van der Waals surface area contributed by atoms with Gasteiger partial charge in [-0.15, -0.1) is 0 Å². The lowest BCUT2D eigenvalue weighted by Crippen LogP contribution is -2.25. The van der Waals surface area contributed by atoms with Crippen LogP contribution in [-0.2, 0) is 9.53 Å². The molecule has 0 radical (unpaired) electrons. The minimum atomic E-state index is -0.520. The maximum Gasteiger partial charge on any atom is 0.344 e. The molecule has 1 aliphatic rings. The van der Waals surface area contributed by atoms with Gasteiger partial charge in [0.15, 0.2) is 18.1 Å². The number of rotatable bonds is 8. The van der Waals surface area contributed by atoms with Gasteiger partial charge in [0.1, 0.15) is 10.8 Å². The Morgan fingerprint density at radius 3 is 2.70 bits per heavy atom. The fourth-order valence-electron chi connectivity index (χ4n) is 4.41. The van der Waals surface area contributed by atoms with E-state index in [1.165, 1.54) is 18.2 Å². The van der Waals surface area contributed by atoms with E-state index in [2.05, 4.69) is 21.0 Å². The smallest absolute Gasteiger partial charge is 0.344 e. The molecule has 4 rings (SSSR count). The lowest BCUT2D eigenvalue weighted by molar-refractivity contribution is -0.149. The molecule has 1 saturated carbocycles. The Labute approximate surface area is 228 Å². The SMILES string of the molecule is COc1cc(C=Nn2c(C3CCCCC3)nc3ccccc3c2=O)c(Br)c(Cl)c1OCC(=O)OC(C)C. The van der Waals surface area contributed by atoms with E-state index in [1.807, 2.05) is 18.2 Å². The van der Waals surface area contributed by atoms with E-state index in [4.69, 9.17) is 30.8 Å². The van der Waals surface area contributed by atoms with E-state index in [1.54, 1.807) is 32.2 Å². The van der Waals surface area contributed by atoms with E-state index in [0.29, 0.717) is 32.5 Å². The first-order chi connectivity index (χ1) is 17.8. The second kappa shape index (κ2) is 12.1. The molecule has 2 aromatic carbocycles. The maximum absolute atomic E-state index is 13.5. The van der Waals surface area contributed by atoms with E-state index in [-0.39, 0.29) is 35.0 Å². The average Bonchev–Trinajstić information content (AvgIpc) is 2.89. The molecular formula is C27H29BrClN3O5. The first-order valence-electron chi connectivity index (χ1n) is 12.2. The van der Waals surface area contributed by atoms with E-state index >= 15 is 0 Å². The topological polar surface area (TPSA) is 92.0 Å². The second-order valence-electron chi connectivity index (χ2n) is 9.14. The summed E-state index contributed by atoms with van der Waals surface area (Å²) in [6, 6.07) is 8.98. The lowest BCUT2D eigenvalue weighted by atomic mass is 9.88. The molecule has 196 valence electrons. The largest absolute Gasteiger partial charge is 0.493 e. The molecule has 0 atom stereocenters. The van der Waals surface area contributed by atoms with Gasteiger partial charge in [-0.25, -0.2) is 9.78 Å². The summed E-state index contributed by atoms with van der Waals surface area (Å²) in [5.41, 5.74) is 1.01. The molecule has 0 bridgehead atoms. The van der Waals surface area contributed by atoms with Crippen LogP contribution in [0, 0.1) is 0 Å². The highest BCUT2D eigenvalue weighted by molar-refractivity contribution is 9.10. The number of ether oxygens (including phenoxy) is 3. The standard InChI is InChI=1S/C27H29BrClN3O5/c1-16(2)37-22(33)15-36-25-21(35-3)13-18(23(28)24(25)29)14-30-32-26(17-9-5-4-6-10-17)31-20-12-8-7-11-19(20)27(32)34/h7-8,11-14,16-17H,4-6,9-10,15H2,1-3H3. The normalized spacial score (nSPS) is 14.4. The fraction of sp³-hybridized carbons (Fsp3) is 0.407. The third kappa shape index (κ3) is 6.15. The van der Waals surface area contributed by atoms with Gasteiger partial charge in [0.2, 0.25) is 0 Å². The molecule has 0 unspecified atom stereocenters. The molecule has 0 N–H and O–H groups in total. The molecule has 0 amide bonds. The van der Waals surface area contributed by atoms with Crippen molar-refractivity contribution in [3.63, 3.8) is 0 Å². The van der Waals surface area contributed by atoms with E-state index < -0.39 is 5.97 Å². The summed E-state index contributed by atoms with van der Waals surface area (Å²) >= 11 is 10.1. The number of esters is 1. The number of nitrogens with zero attached hydrogens (tertiary/aromatic N) is 3. The van der Waals surface area contributed by atoms with Crippen LogP contribution in [0.5, 0.6) is 11.5 Å². The third-order valence-electron chi connectivity index (χ3n) is 6.14. The highest BCUT2D eigenvalue weighted by atomic mass is 79.9. The minimum absolute atomic E-state index is 0.158. The third-order valence-corrected chi connectivity index (χ3v) is 7.58. The zero-order valence-electron chi connectivity index (χ0n) is 21.0. The van der Waals surface area contributed by atoms with Crippen LogP contribution >= 0.6 is 27.5 Å². The van der Waals surface area contributed by atoms with Crippen molar-refractivity contribution in [2.75, 3.05) is 13.7 Å². The van der Waals surface area contributed by atoms with Gasteiger partial charge in [0.25, 0.3) is 5.56 Å². The quantitative estimate of drug-likeness (QED) is 0.233. The number of aromatic nitrogens is 2. The summed E-state index contributed by atoms with van der Waals surface area (Å²) in [7, 11) is 1.47.